The van der Waals surface area contributed by atoms with Crippen LogP contribution in [0.2, 0.25) is 0 Å². The highest BCUT2D eigenvalue weighted by Gasteiger charge is 2.51. The van der Waals surface area contributed by atoms with Crippen LogP contribution in [0.1, 0.15) is 64.1 Å². The second-order valence-corrected chi connectivity index (χ2v) is 7.03. The molecular weight excluding hydrogens is 316 g/mol. The average Bonchev–Trinajstić information content (AvgIpc) is 2.89. The second kappa shape index (κ2) is 7.65. The Morgan fingerprint density at radius 3 is 2.60 bits per heavy atom. The van der Waals surface area contributed by atoms with E-state index in [1.807, 2.05) is 30.0 Å². The zero-order valence-electron chi connectivity index (χ0n) is 15.6. The molecule has 0 radical (unpaired) electrons. The number of rotatable bonds is 6. The number of benzene rings is 1. The number of amides is 1. The third kappa shape index (κ3) is 3.34. The first-order valence-corrected chi connectivity index (χ1v) is 9.54. The van der Waals surface area contributed by atoms with Crippen molar-refractivity contribution in [3.05, 3.63) is 23.8 Å². The van der Waals surface area contributed by atoms with Gasteiger partial charge in [0.15, 0.2) is 11.5 Å². The fraction of sp³-hybridized carbons (Fsp3) is 0.650. The summed E-state index contributed by atoms with van der Waals surface area (Å²) < 4.78 is 11.1. The highest BCUT2D eigenvalue weighted by Crippen LogP contribution is 2.41. The van der Waals surface area contributed by atoms with Crippen LogP contribution in [-0.4, -0.2) is 36.6 Å². The molecule has 5 nitrogen and oxygen atoms in total. The summed E-state index contributed by atoms with van der Waals surface area (Å²) in [6, 6.07) is 5.98. The van der Waals surface area contributed by atoms with Crippen LogP contribution in [0.4, 0.5) is 0 Å². The van der Waals surface area contributed by atoms with Crippen molar-refractivity contribution in [3.8, 4) is 11.5 Å². The fourth-order valence-electron chi connectivity index (χ4n) is 4.17. The lowest BCUT2D eigenvalue weighted by atomic mass is 9.81. The topological polar surface area (TPSA) is 50.8 Å². The highest BCUT2D eigenvalue weighted by molar-refractivity contribution is 5.89. The van der Waals surface area contributed by atoms with E-state index in [1.165, 1.54) is 6.42 Å². The molecule has 1 spiro atoms. The van der Waals surface area contributed by atoms with Crippen LogP contribution in [0.15, 0.2) is 18.2 Å². The summed E-state index contributed by atoms with van der Waals surface area (Å²) in [5.74, 6) is 1.73. The molecule has 0 bridgehead atoms. The number of nitrogens with one attached hydrogen (secondary N) is 1. The van der Waals surface area contributed by atoms with E-state index >= 15 is 0 Å². The number of hydrogen-bond donors (Lipinski definition) is 1. The van der Waals surface area contributed by atoms with Crippen LogP contribution in [0.5, 0.6) is 11.5 Å². The normalized spacial score (nSPS) is 22.4. The number of carbonyl (C=O) groups is 1. The Bertz CT molecular complexity index is 611. The van der Waals surface area contributed by atoms with Gasteiger partial charge in [0.25, 0.3) is 0 Å². The molecule has 1 unspecified atom stereocenters. The van der Waals surface area contributed by atoms with Crippen LogP contribution in [0.25, 0.3) is 0 Å². The molecule has 1 aromatic rings. The van der Waals surface area contributed by atoms with Gasteiger partial charge < -0.3 is 14.4 Å². The van der Waals surface area contributed by atoms with Crippen molar-refractivity contribution in [1.82, 2.24) is 10.2 Å². The first-order valence-electron chi connectivity index (χ1n) is 9.54. The van der Waals surface area contributed by atoms with Crippen LogP contribution < -0.4 is 14.8 Å². The Balaban J connectivity index is 1.93. The van der Waals surface area contributed by atoms with E-state index in [1.54, 1.807) is 7.11 Å². The molecule has 1 saturated carbocycles. The number of ether oxygens (including phenoxy) is 2. The van der Waals surface area contributed by atoms with Gasteiger partial charge >= 0.3 is 0 Å². The van der Waals surface area contributed by atoms with E-state index in [4.69, 9.17) is 9.47 Å². The third-order valence-electron chi connectivity index (χ3n) is 5.37. The van der Waals surface area contributed by atoms with Crippen LogP contribution >= 0.6 is 0 Å². The Hall–Kier alpha value is -1.75. The van der Waals surface area contributed by atoms with E-state index in [0.717, 1.165) is 55.7 Å². The van der Waals surface area contributed by atoms with Gasteiger partial charge in [0.1, 0.15) is 6.17 Å². The summed E-state index contributed by atoms with van der Waals surface area (Å²) in [5.41, 5.74) is 0.692. The molecule has 1 aliphatic carbocycles. The lowest BCUT2D eigenvalue weighted by Gasteiger charge is -2.31. The van der Waals surface area contributed by atoms with E-state index in [-0.39, 0.29) is 17.6 Å². The van der Waals surface area contributed by atoms with E-state index in [0.29, 0.717) is 6.61 Å². The van der Waals surface area contributed by atoms with E-state index in [2.05, 4.69) is 12.2 Å². The summed E-state index contributed by atoms with van der Waals surface area (Å²) in [7, 11) is 1.65. The van der Waals surface area contributed by atoms with Crippen molar-refractivity contribution in [1.29, 1.82) is 0 Å². The molecule has 1 amide bonds. The maximum absolute atomic E-state index is 13.2. The molecule has 5 heteroatoms. The van der Waals surface area contributed by atoms with Crippen molar-refractivity contribution >= 4 is 5.91 Å². The van der Waals surface area contributed by atoms with Gasteiger partial charge in [0, 0.05) is 6.54 Å². The van der Waals surface area contributed by atoms with Gasteiger partial charge in [0.2, 0.25) is 5.91 Å². The third-order valence-corrected chi connectivity index (χ3v) is 5.37. The molecule has 1 saturated heterocycles. The molecular formula is C20H30N2O3. The number of nitrogens with zero attached hydrogens (tertiary/aromatic N) is 1. The predicted octanol–water partition coefficient (Wildman–Crippen LogP) is 3.64. The van der Waals surface area contributed by atoms with E-state index < -0.39 is 0 Å². The molecule has 138 valence electrons. The molecule has 1 heterocycles. The van der Waals surface area contributed by atoms with Crippen molar-refractivity contribution in [3.63, 3.8) is 0 Å². The SMILES string of the molecule is CCCN1C(=O)C2(CCCCC2)NC1c1ccc(OC)c(OCC)c1. The molecule has 3 rings (SSSR count). The van der Waals surface area contributed by atoms with Crippen LogP contribution in [0, 0.1) is 0 Å². The zero-order chi connectivity index (χ0) is 17.9. The largest absolute Gasteiger partial charge is 0.493 e. The summed E-state index contributed by atoms with van der Waals surface area (Å²) >= 11 is 0. The fourth-order valence-corrected chi connectivity index (χ4v) is 4.17. The van der Waals surface area contributed by atoms with Gasteiger partial charge in [0.05, 0.1) is 19.3 Å². The molecule has 1 aliphatic heterocycles. The van der Waals surface area contributed by atoms with Gasteiger partial charge in [-0.15, -0.1) is 0 Å². The van der Waals surface area contributed by atoms with E-state index in [9.17, 15) is 4.79 Å². The molecule has 1 aromatic carbocycles. The van der Waals surface area contributed by atoms with Gasteiger partial charge in [-0.05, 0) is 43.9 Å². The minimum atomic E-state index is -0.371. The Morgan fingerprint density at radius 1 is 1.20 bits per heavy atom. The lowest BCUT2D eigenvalue weighted by molar-refractivity contribution is -0.134. The maximum atomic E-state index is 13.2. The van der Waals surface area contributed by atoms with Crippen molar-refractivity contribution in [2.45, 2.75) is 64.1 Å². The Kier molecular flexibility index (Phi) is 5.52. The monoisotopic (exact) mass is 346 g/mol. The first-order chi connectivity index (χ1) is 12.1. The lowest BCUT2D eigenvalue weighted by Crippen LogP contribution is -2.48. The van der Waals surface area contributed by atoms with Gasteiger partial charge in [-0.2, -0.15) is 0 Å². The minimum Gasteiger partial charge on any atom is -0.493 e. The molecule has 1 N–H and O–H groups in total. The summed E-state index contributed by atoms with van der Waals surface area (Å²) in [5, 5.41) is 3.69. The highest BCUT2D eigenvalue weighted by atomic mass is 16.5. The number of carbonyl (C=O) groups excluding carboxylic acids is 1. The Morgan fingerprint density at radius 2 is 1.96 bits per heavy atom. The summed E-state index contributed by atoms with van der Waals surface area (Å²) in [4.78, 5) is 15.2. The molecule has 2 fully saturated rings. The van der Waals surface area contributed by atoms with Crippen molar-refractivity contribution in [2.75, 3.05) is 20.3 Å². The standard InChI is InChI=1S/C20H30N2O3/c1-4-13-22-18(21-20(19(22)23)11-7-6-8-12-20)15-9-10-16(24-3)17(14-15)25-5-2/h9-10,14,18,21H,4-8,11-13H2,1-3H3. The summed E-state index contributed by atoms with van der Waals surface area (Å²) in [6.07, 6.45) is 6.22. The smallest absolute Gasteiger partial charge is 0.244 e. The minimum absolute atomic E-state index is 0.0873. The molecule has 0 aromatic heterocycles. The van der Waals surface area contributed by atoms with Gasteiger partial charge in [-0.25, -0.2) is 0 Å². The predicted molar refractivity (Wildman–Crippen MR) is 97.9 cm³/mol. The molecule has 2 aliphatic rings. The summed E-state index contributed by atoms with van der Waals surface area (Å²) in [6.45, 7) is 5.44. The average molecular weight is 346 g/mol. The van der Waals surface area contributed by atoms with Crippen LogP contribution in [0.3, 0.4) is 0 Å². The van der Waals surface area contributed by atoms with Crippen molar-refractivity contribution < 1.29 is 14.3 Å². The maximum Gasteiger partial charge on any atom is 0.244 e. The Labute approximate surface area is 150 Å². The second-order valence-electron chi connectivity index (χ2n) is 7.03. The number of hydrogen-bond acceptors (Lipinski definition) is 4. The quantitative estimate of drug-likeness (QED) is 0.854. The number of methoxy groups -OCH3 is 1. The van der Waals surface area contributed by atoms with Gasteiger partial charge in [-0.1, -0.05) is 32.3 Å². The molecule has 25 heavy (non-hydrogen) atoms. The van der Waals surface area contributed by atoms with Crippen LogP contribution in [-0.2, 0) is 4.79 Å². The zero-order valence-corrected chi connectivity index (χ0v) is 15.6. The molecule has 1 atom stereocenters. The van der Waals surface area contributed by atoms with Crippen molar-refractivity contribution in [2.24, 2.45) is 0 Å². The van der Waals surface area contributed by atoms with Gasteiger partial charge in [-0.3, -0.25) is 10.1 Å². The first kappa shape index (κ1) is 18.1.